The Bertz CT molecular complexity index is 731. The molecule has 5 nitrogen and oxygen atoms in total. The molecule has 126 valence electrons. The second kappa shape index (κ2) is 6.69. The van der Waals surface area contributed by atoms with Crippen LogP contribution in [0.2, 0.25) is 0 Å². The highest BCUT2D eigenvalue weighted by molar-refractivity contribution is 5.92. The van der Waals surface area contributed by atoms with Gasteiger partial charge in [-0.15, -0.1) is 0 Å². The number of rotatable bonds is 4. The molecule has 1 aliphatic heterocycles. The maximum absolute atomic E-state index is 12.0. The van der Waals surface area contributed by atoms with Gasteiger partial charge in [-0.25, -0.2) is 9.97 Å². The molecule has 1 aromatic heterocycles. The number of benzene rings is 1. The Labute approximate surface area is 143 Å². The highest BCUT2D eigenvalue weighted by Crippen LogP contribution is 2.37. The Hall–Kier alpha value is -2.27. The Kier molecular flexibility index (Phi) is 4.62. The highest BCUT2D eigenvalue weighted by atomic mass is 16.1. The Morgan fingerprint density at radius 1 is 1.29 bits per heavy atom. The Morgan fingerprint density at radius 2 is 2.04 bits per heavy atom. The zero-order valence-corrected chi connectivity index (χ0v) is 14.5. The van der Waals surface area contributed by atoms with Gasteiger partial charge in [-0.1, -0.05) is 30.3 Å². The number of carbonyl (C=O) groups excluding carboxylic acids is 1. The van der Waals surface area contributed by atoms with Gasteiger partial charge in [0.05, 0.1) is 5.54 Å². The quantitative estimate of drug-likeness (QED) is 0.939. The smallest absolute Gasteiger partial charge is 0.269 e. The Balaban J connectivity index is 1.94. The van der Waals surface area contributed by atoms with E-state index in [0.29, 0.717) is 5.69 Å². The molecule has 0 spiro atoms. The number of likely N-dealkylation sites (tertiary alicyclic amines) is 1. The first kappa shape index (κ1) is 16.6. The van der Waals surface area contributed by atoms with Crippen molar-refractivity contribution in [2.24, 2.45) is 0 Å². The Morgan fingerprint density at radius 3 is 2.75 bits per heavy atom. The van der Waals surface area contributed by atoms with Crippen LogP contribution in [0.4, 0.5) is 0 Å². The highest BCUT2D eigenvalue weighted by Gasteiger charge is 2.41. The van der Waals surface area contributed by atoms with Crippen LogP contribution in [0, 0.1) is 6.92 Å². The summed E-state index contributed by atoms with van der Waals surface area (Å²) in [7, 11) is 1.62. The van der Waals surface area contributed by atoms with Crippen molar-refractivity contribution in [2.75, 3.05) is 13.6 Å². The zero-order valence-electron chi connectivity index (χ0n) is 14.5. The van der Waals surface area contributed by atoms with Gasteiger partial charge in [-0.2, -0.15) is 0 Å². The van der Waals surface area contributed by atoms with Gasteiger partial charge in [0, 0.05) is 19.3 Å². The maximum atomic E-state index is 12.0. The van der Waals surface area contributed by atoms with Crippen molar-refractivity contribution in [3.63, 3.8) is 0 Å². The van der Waals surface area contributed by atoms with Crippen LogP contribution >= 0.6 is 0 Å². The van der Waals surface area contributed by atoms with Gasteiger partial charge in [-0.3, -0.25) is 9.69 Å². The number of nitrogens with zero attached hydrogens (tertiary/aromatic N) is 3. The van der Waals surface area contributed by atoms with Crippen molar-refractivity contribution in [3.8, 4) is 0 Å². The summed E-state index contributed by atoms with van der Waals surface area (Å²) in [6.07, 6.45) is 2.10. The fourth-order valence-corrected chi connectivity index (χ4v) is 3.38. The number of amides is 1. The summed E-state index contributed by atoms with van der Waals surface area (Å²) < 4.78 is 0. The lowest BCUT2D eigenvalue weighted by Gasteiger charge is -2.34. The summed E-state index contributed by atoms with van der Waals surface area (Å²) in [4.78, 5) is 23.7. The van der Waals surface area contributed by atoms with E-state index >= 15 is 0 Å². The molecule has 1 aromatic carbocycles. The van der Waals surface area contributed by atoms with E-state index in [1.54, 1.807) is 13.1 Å². The molecule has 0 unspecified atom stereocenters. The largest absolute Gasteiger partial charge is 0.354 e. The van der Waals surface area contributed by atoms with Crippen LogP contribution in [-0.4, -0.2) is 34.4 Å². The molecule has 2 aromatic rings. The number of hydrogen-bond donors (Lipinski definition) is 1. The van der Waals surface area contributed by atoms with Crippen molar-refractivity contribution in [1.82, 2.24) is 20.2 Å². The summed E-state index contributed by atoms with van der Waals surface area (Å²) in [6, 6.07) is 12.2. The van der Waals surface area contributed by atoms with E-state index in [1.807, 2.05) is 13.0 Å². The number of hydrogen-bond acceptors (Lipinski definition) is 4. The second-order valence-electron chi connectivity index (χ2n) is 6.58. The lowest BCUT2D eigenvalue weighted by molar-refractivity contribution is 0.0954. The van der Waals surface area contributed by atoms with Crippen LogP contribution in [0.3, 0.4) is 0 Å². The third-order valence-corrected chi connectivity index (χ3v) is 4.80. The summed E-state index contributed by atoms with van der Waals surface area (Å²) in [5.41, 5.74) is 2.30. The van der Waals surface area contributed by atoms with Gasteiger partial charge in [0.25, 0.3) is 5.91 Å². The van der Waals surface area contributed by atoms with E-state index < -0.39 is 0 Å². The third-order valence-electron chi connectivity index (χ3n) is 4.80. The average molecular weight is 324 g/mol. The van der Waals surface area contributed by atoms with E-state index in [1.165, 1.54) is 5.56 Å². The minimum absolute atomic E-state index is 0.169. The molecule has 1 aliphatic rings. The second-order valence-corrected chi connectivity index (χ2v) is 6.58. The van der Waals surface area contributed by atoms with E-state index in [9.17, 15) is 4.79 Å². The number of aryl methyl sites for hydroxylation is 1. The van der Waals surface area contributed by atoms with E-state index in [2.05, 4.69) is 51.4 Å². The monoisotopic (exact) mass is 324 g/mol. The van der Waals surface area contributed by atoms with Crippen LogP contribution in [0.25, 0.3) is 0 Å². The summed E-state index contributed by atoms with van der Waals surface area (Å²) in [5.74, 6) is 0.576. The topological polar surface area (TPSA) is 58.1 Å². The lowest BCUT2D eigenvalue weighted by atomic mass is 9.96. The SMILES string of the molecule is CNC(=O)c1cc(C)nc([C@]2(C)CCCN2Cc2ccccc2)n1. The van der Waals surface area contributed by atoms with Crippen LogP contribution < -0.4 is 5.32 Å². The van der Waals surface area contributed by atoms with Gasteiger partial charge < -0.3 is 5.32 Å². The molecule has 0 radical (unpaired) electrons. The fraction of sp³-hybridized carbons (Fsp3) is 0.421. The van der Waals surface area contributed by atoms with Crippen molar-refractivity contribution in [3.05, 3.63) is 59.2 Å². The molecule has 1 amide bonds. The van der Waals surface area contributed by atoms with E-state index in [0.717, 1.165) is 37.4 Å². The molecule has 1 saturated heterocycles. The molecule has 1 N–H and O–H groups in total. The molecular weight excluding hydrogens is 300 g/mol. The normalized spacial score (nSPS) is 21.0. The van der Waals surface area contributed by atoms with Crippen molar-refractivity contribution < 1.29 is 4.79 Å². The predicted molar refractivity (Wildman–Crippen MR) is 93.6 cm³/mol. The zero-order chi connectivity index (χ0) is 17.2. The van der Waals surface area contributed by atoms with Gasteiger partial charge in [0.15, 0.2) is 0 Å². The van der Waals surface area contributed by atoms with Gasteiger partial charge >= 0.3 is 0 Å². The van der Waals surface area contributed by atoms with E-state index in [-0.39, 0.29) is 11.4 Å². The molecule has 0 bridgehead atoms. The molecule has 24 heavy (non-hydrogen) atoms. The molecule has 5 heteroatoms. The van der Waals surface area contributed by atoms with Crippen molar-refractivity contribution in [2.45, 2.75) is 38.8 Å². The molecule has 1 atom stereocenters. The standard InChI is InChI=1S/C19H24N4O/c1-14-12-16(17(24)20-3)22-18(21-14)19(2)10-7-11-23(19)13-15-8-5-4-6-9-15/h4-6,8-9,12H,7,10-11,13H2,1-3H3,(H,20,24)/t19-/m0/s1. The minimum atomic E-state index is -0.245. The van der Waals surface area contributed by atoms with Crippen LogP contribution in [-0.2, 0) is 12.1 Å². The van der Waals surface area contributed by atoms with Crippen LogP contribution in [0.1, 0.15) is 47.3 Å². The number of nitrogens with one attached hydrogen (secondary N) is 1. The molecule has 2 heterocycles. The maximum Gasteiger partial charge on any atom is 0.269 e. The molecule has 0 saturated carbocycles. The molecular formula is C19H24N4O. The summed E-state index contributed by atoms with van der Waals surface area (Å²) in [6.45, 7) is 5.98. The predicted octanol–water partition coefficient (Wildman–Crippen LogP) is 2.66. The molecule has 1 fully saturated rings. The van der Waals surface area contributed by atoms with Gasteiger partial charge in [0.1, 0.15) is 11.5 Å². The third kappa shape index (κ3) is 3.17. The first-order valence-corrected chi connectivity index (χ1v) is 8.40. The summed E-state index contributed by atoms with van der Waals surface area (Å²) in [5, 5.41) is 2.65. The van der Waals surface area contributed by atoms with E-state index in [4.69, 9.17) is 0 Å². The first-order valence-electron chi connectivity index (χ1n) is 8.40. The van der Waals surface area contributed by atoms with Gasteiger partial charge in [0.2, 0.25) is 0 Å². The van der Waals surface area contributed by atoms with Gasteiger partial charge in [-0.05, 0) is 44.9 Å². The minimum Gasteiger partial charge on any atom is -0.354 e. The average Bonchev–Trinajstić information content (AvgIpc) is 2.96. The molecule has 0 aliphatic carbocycles. The van der Waals surface area contributed by atoms with Crippen LogP contribution in [0.15, 0.2) is 36.4 Å². The lowest BCUT2D eigenvalue weighted by Crippen LogP contribution is -2.40. The van der Waals surface area contributed by atoms with Crippen LogP contribution in [0.5, 0.6) is 0 Å². The number of aromatic nitrogens is 2. The number of carbonyl (C=O) groups is 1. The van der Waals surface area contributed by atoms with Crippen molar-refractivity contribution in [1.29, 1.82) is 0 Å². The fourth-order valence-electron chi connectivity index (χ4n) is 3.38. The first-order chi connectivity index (χ1) is 11.5. The van der Waals surface area contributed by atoms with Crippen molar-refractivity contribution >= 4 is 5.91 Å². The molecule has 3 rings (SSSR count). The summed E-state index contributed by atoms with van der Waals surface area (Å²) >= 11 is 0.